The summed E-state index contributed by atoms with van der Waals surface area (Å²) >= 11 is 0. The second-order valence-electron chi connectivity index (χ2n) is 6.55. The first kappa shape index (κ1) is 15.8. The van der Waals surface area contributed by atoms with E-state index in [1.165, 1.54) is 12.1 Å². The number of carbonyl (C=O) groups excluding carboxylic acids is 1. The van der Waals surface area contributed by atoms with Crippen LogP contribution in [0.5, 0.6) is 0 Å². The van der Waals surface area contributed by atoms with Gasteiger partial charge in [0.25, 0.3) is 0 Å². The van der Waals surface area contributed by atoms with E-state index in [4.69, 9.17) is 4.52 Å². The van der Waals surface area contributed by atoms with E-state index in [0.29, 0.717) is 24.4 Å². The van der Waals surface area contributed by atoms with Crippen LogP contribution in [-0.4, -0.2) is 39.0 Å². The van der Waals surface area contributed by atoms with Crippen molar-refractivity contribution < 1.29 is 13.7 Å². The molecule has 130 valence electrons. The largest absolute Gasteiger partial charge is 0.361 e. The molecule has 3 heterocycles. The standard InChI is InChI=1S/C18H19FN4O2/c1-11-8-14(25-22-11)10-17(24)23-6-4-12(5-7-23)18-20-15-3-2-13(19)9-16(15)21-18/h2-3,8-9,12H,4-7,10H2,1H3,(H,20,21). The van der Waals surface area contributed by atoms with Crippen molar-refractivity contribution in [1.29, 1.82) is 0 Å². The van der Waals surface area contributed by atoms with Gasteiger partial charge in [-0.1, -0.05) is 5.16 Å². The third-order valence-electron chi connectivity index (χ3n) is 4.70. The fraction of sp³-hybridized carbons (Fsp3) is 0.389. The number of aromatic nitrogens is 3. The monoisotopic (exact) mass is 342 g/mol. The van der Waals surface area contributed by atoms with Gasteiger partial charge in [0, 0.05) is 25.1 Å². The lowest BCUT2D eigenvalue weighted by atomic mass is 9.96. The zero-order chi connectivity index (χ0) is 17.4. The number of nitrogens with zero attached hydrogens (tertiary/aromatic N) is 3. The molecule has 4 rings (SSSR count). The van der Waals surface area contributed by atoms with Crippen LogP contribution in [0.4, 0.5) is 4.39 Å². The molecule has 25 heavy (non-hydrogen) atoms. The van der Waals surface area contributed by atoms with Gasteiger partial charge in [-0.05, 0) is 38.0 Å². The summed E-state index contributed by atoms with van der Waals surface area (Å²) in [7, 11) is 0. The predicted octanol–water partition coefficient (Wildman–Crippen LogP) is 2.95. The van der Waals surface area contributed by atoms with Gasteiger partial charge in [0.05, 0.1) is 23.1 Å². The molecule has 0 unspecified atom stereocenters. The first-order valence-electron chi connectivity index (χ1n) is 8.43. The van der Waals surface area contributed by atoms with Gasteiger partial charge in [-0.25, -0.2) is 9.37 Å². The van der Waals surface area contributed by atoms with Crippen LogP contribution >= 0.6 is 0 Å². The first-order valence-corrected chi connectivity index (χ1v) is 8.43. The fourth-order valence-corrected chi connectivity index (χ4v) is 3.36. The molecule has 1 fully saturated rings. The number of imidazole rings is 1. The zero-order valence-corrected chi connectivity index (χ0v) is 14.0. The van der Waals surface area contributed by atoms with E-state index < -0.39 is 0 Å². The maximum absolute atomic E-state index is 13.3. The Balaban J connectivity index is 1.39. The number of benzene rings is 1. The van der Waals surface area contributed by atoms with Crippen LogP contribution in [-0.2, 0) is 11.2 Å². The molecule has 0 spiro atoms. The quantitative estimate of drug-likeness (QED) is 0.794. The van der Waals surface area contributed by atoms with Crippen LogP contribution < -0.4 is 0 Å². The third kappa shape index (κ3) is 3.26. The number of carbonyl (C=O) groups is 1. The molecule has 1 amide bonds. The first-order chi connectivity index (χ1) is 12.1. The van der Waals surface area contributed by atoms with Gasteiger partial charge in [0.15, 0.2) is 0 Å². The van der Waals surface area contributed by atoms with Crippen molar-refractivity contribution >= 4 is 16.9 Å². The smallest absolute Gasteiger partial charge is 0.230 e. The maximum atomic E-state index is 13.3. The van der Waals surface area contributed by atoms with Crippen LogP contribution in [0.15, 0.2) is 28.8 Å². The number of hydrogen-bond acceptors (Lipinski definition) is 4. The van der Waals surface area contributed by atoms with Crippen LogP contribution in [0.3, 0.4) is 0 Å². The molecular weight excluding hydrogens is 323 g/mol. The second kappa shape index (κ2) is 6.31. The normalized spacial score (nSPS) is 15.8. The van der Waals surface area contributed by atoms with Gasteiger partial charge < -0.3 is 14.4 Å². The van der Waals surface area contributed by atoms with Crippen molar-refractivity contribution in [3.8, 4) is 0 Å². The summed E-state index contributed by atoms with van der Waals surface area (Å²) in [4.78, 5) is 22.0. The number of nitrogens with one attached hydrogen (secondary N) is 1. The molecule has 1 aliphatic rings. The number of hydrogen-bond donors (Lipinski definition) is 1. The van der Waals surface area contributed by atoms with Crippen molar-refractivity contribution in [2.45, 2.75) is 32.1 Å². The number of likely N-dealkylation sites (tertiary alicyclic amines) is 1. The molecule has 7 heteroatoms. The number of aryl methyl sites for hydroxylation is 1. The number of halogens is 1. The van der Waals surface area contributed by atoms with Crippen LogP contribution in [0.1, 0.15) is 36.0 Å². The molecule has 1 aliphatic heterocycles. The molecule has 0 atom stereocenters. The van der Waals surface area contributed by atoms with Crippen molar-refractivity contribution in [3.05, 3.63) is 47.4 Å². The van der Waals surface area contributed by atoms with Gasteiger partial charge in [-0.2, -0.15) is 0 Å². The molecule has 0 bridgehead atoms. The van der Waals surface area contributed by atoms with Crippen LogP contribution in [0.25, 0.3) is 11.0 Å². The van der Waals surface area contributed by atoms with E-state index in [9.17, 15) is 9.18 Å². The lowest BCUT2D eigenvalue weighted by molar-refractivity contribution is -0.131. The summed E-state index contributed by atoms with van der Waals surface area (Å²) in [5.41, 5.74) is 2.27. The number of rotatable bonds is 3. The summed E-state index contributed by atoms with van der Waals surface area (Å²) in [6.45, 7) is 3.20. The fourth-order valence-electron chi connectivity index (χ4n) is 3.36. The Bertz CT molecular complexity index is 909. The minimum atomic E-state index is -0.272. The van der Waals surface area contributed by atoms with E-state index in [2.05, 4.69) is 15.1 Å². The topological polar surface area (TPSA) is 75.0 Å². The number of aromatic amines is 1. The molecule has 6 nitrogen and oxygen atoms in total. The van der Waals surface area contributed by atoms with Gasteiger partial charge in [0.2, 0.25) is 5.91 Å². The molecule has 2 aromatic heterocycles. The minimum absolute atomic E-state index is 0.0567. The SMILES string of the molecule is Cc1cc(CC(=O)N2CCC(c3nc4ccc(F)cc4[nH]3)CC2)on1. The predicted molar refractivity (Wildman–Crippen MR) is 89.6 cm³/mol. The Morgan fingerprint density at radius 3 is 2.88 bits per heavy atom. The van der Waals surface area contributed by atoms with E-state index in [-0.39, 0.29) is 24.1 Å². The summed E-state index contributed by atoms with van der Waals surface area (Å²) in [5, 5.41) is 3.81. The highest BCUT2D eigenvalue weighted by Crippen LogP contribution is 2.28. The zero-order valence-electron chi connectivity index (χ0n) is 14.0. The van der Waals surface area contributed by atoms with Crippen LogP contribution in [0.2, 0.25) is 0 Å². The maximum Gasteiger partial charge on any atom is 0.230 e. The highest BCUT2D eigenvalue weighted by molar-refractivity contribution is 5.78. The molecule has 0 aliphatic carbocycles. The second-order valence-corrected chi connectivity index (χ2v) is 6.55. The Morgan fingerprint density at radius 2 is 2.16 bits per heavy atom. The van der Waals surface area contributed by atoms with Crippen molar-refractivity contribution in [2.24, 2.45) is 0 Å². The van der Waals surface area contributed by atoms with Crippen molar-refractivity contribution in [2.75, 3.05) is 13.1 Å². The van der Waals surface area contributed by atoms with Gasteiger partial charge in [-0.3, -0.25) is 4.79 Å². The molecule has 1 saturated heterocycles. The van der Waals surface area contributed by atoms with E-state index in [1.807, 2.05) is 11.8 Å². The molecule has 1 aromatic carbocycles. The molecular formula is C18H19FN4O2. The number of H-pyrrole nitrogens is 1. The van der Waals surface area contributed by atoms with Gasteiger partial charge >= 0.3 is 0 Å². The Morgan fingerprint density at radius 1 is 1.36 bits per heavy atom. The number of fused-ring (bicyclic) bond motifs is 1. The highest BCUT2D eigenvalue weighted by Gasteiger charge is 2.26. The number of amides is 1. The Labute approximate surface area is 144 Å². The summed E-state index contributed by atoms with van der Waals surface area (Å²) < 4.78 is 18.4. The number of piperidine rings is 1. The molecule has 1 N–H and O–H groups in total. The lowest BCUT2D eigenvalue weighted by Gasteiger charge is -2.31. The van der Waals surface area contributed by atoms with Gasteiger partial charge in [0.1, 0.15) is 17.4 Å². The Kier molecular flexibility index (Phi) is 3.99. The van der Waals surface area contributed by atoms with Gasteiger partial charge in [-0.15, -0.1) is 0 Å². The summed E-state index contributed by atoms with van der Waals surface area (Å²) in [5.74, 6) is 1.52. The minimum Gasteiger partial charge on any atom is -0.361 e. The highest BCUT2D eigenvalue weighted by atomic mass is 19.1. The lowest BCUT2D eigenvalue weighted by Crippen LogP contribution is -2.38. The van der Waals surface area contributed by atoms with Crippen LogP contribution in [0, 0.1) is 12.7 Å². The molecule has 0 saturated carbocycles. The molecule has 0 radical (unpaired) electrons. The average molecular weight is 342 g/mol. The average Bonchev–Trinajstić information content (AvgIpc) is 3.20. The van der Waals surface area contributed by atoms with Crippen molar-refractivity contribution in [3.63, 3.8) is 0 Å². The van der Waals surface area contributed by atoms with E-state index in [1.54, 1.807) is 12.1 Å². The van der Waals surface area contributed by atoms with E-state index >= 15 is 0 Å². The summed E-state index contributed by atoms with van der Waals surface area (Å²) in [6.07, 6.45) is 1.92. The molecule has 3 aromatic rings. The third-order valence-corrected chi connectivity index (χ3v) is 4.70. The Hall–Kier alpha value is -2.70. The van der Waals surface area contributed by atoms with E-state index in [0.717, 1.165) is 29.9 Å². The van der Waals surface area contributed by atoms with Crippen molar-refractivity contribution in [1.82, 2.24) is 20.0 Å². The summed E-state index contributed by atoms with van der Waals surface area (Å²) in [6, 6.07) is 6.35.